The lowest BCUT2D eigenvalue weighted by Gasteiger charge is -2.23. The van der Waals surface area contributed by atoms with E-state index in [0.717, 1.165) is 41.7 Å². The fraction of sp³-hybridized carbons (Fsp3) is 0.250. The molecule has 0 aliphatic heterocycles. The van der Waals surface area contributed by atoms with Crippen LogP contribution in [0, 0.1) is 0 Å². The molecule has 1 aliphatic carbocycles. The molecule has 0 amide bonds. The summed E-state index contributed by atoms with van der Waals surface area (Å²) in [6, 6.07) is 17.9. The van der Waals surface area contributed by atoms with Gasteiger partial charge in [-0.1, -0.05) is 42.5 Å². The lowest BCUT2D eigenvalue weighted by Crippen LogP contribution is -2.19. The zero-order valence-electron chi connectivity index (χ0n) is 12.8. The van der Waals surface area contributed by atoms with E-state index in [-0.39, 0.29) is 11.7 Å². The Morgan fingerprint density at radius 2 is 1.77 bits per heavy atom. The third-order valence-corrected chi connectivity index (χ3v) is 4.23. The first-order valence-corrected chi connectivity index (χ1v) is 7.72. The molecule has 0 aromatic heterocycles. The summed E-state index contributed by atoms with van der Waals surface area (Å²) in [6.07, 6.45) is 4.90. The Bertz CT molecular complexity index is 669. The fourth-order valence-corrected chi connectivity index (χ4v) is 3.02. The van der Waals surface area contributed by atoms with Gasteiger partial charge < -0.3 is 4.74 Å². The number of methoxy groups -OCH3 is 1. The molecule has 0 radical (unpaired) electrons. The van der Waals surface area contributed by atoms with Gasteiger partial charge in [0.05, 0.1) is 7.11 Å². The molecule has 1 aliphatic rings. The molecular formula is C20H20O2. The zero-order valence-corrected chi connectivity index (χ0v) is 12.8. The molecule has 0 bridgehead atoms. The van der Waals surface area contributed by atoms with Crippen LogP contribution in [-0.4, -0.2) is 12.9 Å². The van der Waals surface area contributed by atoms with Gasteiger partial charge in [-0.2, -0.15) is 0 Å². The average Bonchev–Trinajstić information content (AvgIpc) is 2.58. The number of allylic oxidation sites excluding steroid dienone is 1. The Hall–Kier alpha value is -2.35. The maximum absolute atomic E-state index is 12.8. The van der Waals surface area contributed by atoms with Gasteiger partial charge in [-0.3, -0.25) is 4.79 Å². The maximum Gasteiger partial charge on any atom is 0.166 e. The van der Waals surface area contributed by atoms with Crippen LogP contribution in [0.25, 0.3) is 6.08 Å². The molecule has 0 spiro atoms. The van der Waals surface area contributed by atoms with Crippen LogP contribution in [0.3, 0.4) is 0 Å². The zero-order chi connectivity index (χ0) is 15.4. The molecule has 2 heteroatoms. The predicted octanol–water partition coefficient (Wildman–Crippen LogP) is 4.62. The second-order valence-corrected chi connectivity index (χ2v) is 5.66. The fourth-order valence-electron chi connectivity index (χ4n) is 3.02. The number of rotatable bonds is 3. The lowest BCUT2D eigenvalue weighted by molar-refractivity contribution is -0.117. The van der Waals surface area contributed by atoms with E-state index in [4.69, 9.17) is 4.74 Å². The van der Waals surface area contributed by atoms with E-state index in [1.165, 1.54) is 0 Å². The van der Waals surface area contributed by atoms with Gasteiger partial charge >= 0.3 is 0 Å². The Morgan fingerprint density at radius 1 is 1.05 bits per heavy atom. The standard InChI is InChI=1S/C20H20O2/c1-22-18-12-10-15(11-13-18)14-17-8-5-9-19(20(17)21)16-6-3-2-4-7-16/h2-4,6-7,10-14,19H,5,8-9H2,1H3/b17-14+/t19-/m0/s1. The Kier molecular flexibility index (Phi) is 4.38. The van der Waals surface area contributed by atoms with Crippen molar-refractivity contribution >= 4 is 11.9 Å². The van der Waals surface area contributed by atoms with Crippen molar-refractivity contribution < 1.29 is 9.53 Å². The maximum atomic E-state index is 12.8. The van der Waals surface area contributed by atoms with Gasteiger partial charge in [0.2, 0.25) is 0 Å². The van der Waals surface area contributed by atoms with Crippen LogP contribution in [0.15, 0.2) is 60.2 Å². The van der Waals surface area contributed by atoms with Gasteiger partial charge in [-0.15, -0.1) is 0 Å². The van der Waals surface area contributed by atoms with Crippen molar-refractivity contribution in [2.24, 2.45) is 0 Å². The van der Waals surface area contributed by atoms with Gasteiger partial charge in [0.1, 0.15) is 5.75 Å². The van der Waals surface area contributed by atoms with Crippen molar-refractivity contribution in [2.75, 3.05) is 7.11 Å². The van der Waals surface area contributed by atoms with Crippen LogP contribution in [0.1, 0.15) is 36.3 Å². The normalized spacial score (nSPS) is 20.1. The van der Waals surface area contributed by atoms with Crippen molar-refractivity contribution in [3.8, 4) is 5.75 Å². The van der Waals surface area contributed by atoms with Crippen molar-refractivity contribution in [1.82, 2.24) is 0 Å². The third-order valence-electron chi connectivity index (χ3n) is 4.23. The van der Waals surface area contributed by atoms with E-state index in [9.17, 15) is 4.79 Å². The van der Waals surface area contributed by atoms with E-state index in [2.05, 4.69) is 12.1 Å². The summed E-state index contributed by atoms with van der Waals surface area (Å²) >= 11 is 0. The first-order chi connectivity index (χ1) is 10.8. The molecule has 1 saturated carbocycles. The van der Waals surface area contributed by atoms with Crippen LogP contribution in [0.4, 0.5) is 0 Å². The summed E-state index contributed by atoms with van der Waals surface area (Å²) in [6.45, 7) is 0. The van der Waals surface area contributed by atoms with Crippen molar-refractivity contribution in [1.29, 1.82) is 0 Å². The van der Waals surface area contributed by atoms with Gasteiger partial charge in [-0.05, 0) is 54.2 Å². The van der Waals surface area contributed by atoms with Crippen LogP contribution in [0.2, 0.25) is 0 Å². The third kappa shape index (κ3) is 3.11. The van der Waals surface area contributed by atoms with Crippen molar-refractivity contribution in [3.63, 3.8) is 0 Å². The number of ketones is 1. The molecule has 2 aromatic carbocycles. The largest absolute Gasteiger partial charge is 0.497 e. The Morgan fingerprint density at radius 3 is 2.45 bits per heavy atom. The summed E-state index contributed by atoms with van der Waals surface area (Å²) < 4.78 is 5.17. The van der Waals surface area contributed by atoms with Crippen molar-refractivity contribution in [2.45, 2.75) is 25.2 Å². The van der Waals surface area contributed by atoms with Crippen LogP contribution in [-0.2, 0) is 4.79 Å². The monoisotopic (exact) mass is 292 g/mol. The average molecular weight is 292 g/mol. The highest BCUT2D eigenvalue weighted by atomic mass is 16.5. The van der Waals surface area contributed by atoms with Crippen LogP contribution >= 0.6 is 0 Å². The molecular weight excluding hydrogens is 272 g/mol. The van der Waals surface area contributed by atoms with E-state index in [1.54, 1.807) is 7.11 Å². The molecule has 2 aromatic rings. The molecule has 1 fully saturated rings. The summed E-state index contributed by atoms with van der Waals surface area (Å²) in [7, 11) is 1.66. The molecule has 112 valence electrons. The topological polar surface area (TPSA) is 26.3 Å². The molecule has 0 N–H and O–H groups in total. The highest BCUT2D eigenvalue weighted by Gasteiger charge is 2.27. The lowest BCUT2D eigenvalue weighted by atomic mass is 9.79. The van der Waals surface area contributed by atoms with E-state index in [0.29, 0.717) is 0 Å². The number of ether oxygens (including phenoxy) is 1. The smallest absolute Gasteiger partial charge is 0.166 e. The summed E-state index contributed by atoms with van der Waals surface area (Å²) in [4.78, 5) is 12.8. The number of hydrogen-bond donors (Lipinski definition) is 0. The molecule has 2 nitrogen and oxygen atoms in total. The van der Waals surface area contributed by atoms with Crippen molar-refractivity contribution in [3.05, 3.63) is 71.3 Å². The summed E-state index contributed by atoms with van der Waals surface area (Å²) in [5.41, 5.74) is 3.12. The minimum atomic E-state index is 0.0134. The predicted molar refractivity (Wildman–Crippen MR) is 89.0 cm³/mol. The van der Waals surface area contributed by atoms with E-state index >= 15 is 0 Å². The van der Waals surface area contributed by atoms with Gasteiger partial charge in [0.25, 0.3) is 0 Å². The number of Topliss-reactive ketones (excluding diaryl/α,β-unsaturated/α-hetero) is 1. The second-order valence-electron chi connectivity index (χ2n) is 5.66. The molecule has 0 unspecified atom stereocenters. The molecule has 3 rings (SSSR count). The second kappa shape index (κ2) is 6.61. The minimum Gasteiger partial charge on any atom is -0.497 e. The number of carbonyl (C=O) groups is 1. The molecule has 1 atom stereocenters. The number of benzene rings is 2. The van der Waals surface area contributed by atoms with Gasteiger partial charge in [0, 0.05) is 5.92 Å². The molecule has 0 heterocycles. The Labute approximate surface area is 131 Å². The van der Waals surface area contributed by atoms with Crippen LogP contribution in [0.5, 0.6) is 5.75 Å². The quantitative estimate of drug-likeness (QED) is 0.772. The van der Waals surface area contributed by atoms with E-state index < -0.39 is 0 Å². The van der Waals surface area contributed by atoms with Crippen LogP contribution < -0.4 is 4.74 Å². The highest BCUT2D eigenvalue weighted by molar-refractivity contribution is 6.04. The van der Waals surface area contributed by atoms with E-state index in [1.807, 2.05) is 48.5 Å². The SMILES string of the molecule is COc1ccc(/C=C2\CCC[C@@H](c3ccccc3)C2=O)cc1. The van der Waals surface area contributed by atoms with Gasteiger partial charge in [-0.25, -0.2) is 0 Å². The first-order valence-electron chi connectivity index (χ1n) is 7.72. The minimum absolute atomic E-state index is 0.0134. The number of hydrogen-bond acceptors (Lipinski definition) is 2. The first kappa shape index (κ1) is 14.6. The molecule has 0 saturated heterocycles. The number of carbonyl (C=O) groups excluding carboxylic acids is 1. The Balaban J connectivity index is 1.84. The van der Waals surface area contributed by atoms with Gasteiger partial charge in [0.15, 0.2) is 5.78 Å². The summed E-state index contributed by atoms with van der Waals surface area (Å²) in [5, 5.41) is 0. The highest BCUT2D eigenvalue weighted by Crippen LogP contribution is 2.33. The summed E-state index contributed by atoms with van der Waals surface area (Å²) in [5.74, 6) is 1.12. The molecule has 22 heavy (non-hydrogen) atoms.